The fourth-order valence-corrected chi connectivity index (χ4v) is 1.88. The predicted molar refractivity (Wildman–Crippen MR) is 65.1 cm³/mol. The lowest BCUT2D eigenvalue weighted by molar-refractivity contribution is 0.181. The second kappa shape index (κ2) is 5.82. The summed E-state index contributed by atoms with van der Waals surface area (Å²) < 4.78 is 32.5. The Balaban J connectivity index is 3.11. The van der Waals surface area contributed by atoms with Crippen LogP contribution in [0.3, 0.4) is 0 Å². The normalized spacial score (nSPS) is 12.5. The minimum atomic E-state index is -0.646. The smallest absolute Gasteiger partial charge is 0.151 e. The molecule has 0 amide bonds. The van der Waals surface area contributed by atoms with Crippen LogP contribution in [0, 0.1) is 11.6 Å². The Kier molecular flexibility index (Phi) is 4.69. The third-order valence-electron chi connectivity index (χ3n) is 2.61. The van der Waals surface area contributed by atoms with E-state index in [0.717, 1.165) is 12.1 Å². The maximum absolute atomic E-state index is 13.7. The van der Waals surface area contributed by atoms with Crippen LogP contribution in [0.5, 0.6) is 0 Å². The lowest BCUT2D eigenvalue weighted by Crippen LogP contribution is -2.37. The molecular formula is C12H18F2N2O. The zero-order valence-corrected chi connectivity index (χ0v) is 10.3. The number of benzene rings is 1. The SMILES string of the molecule is CCN(c1c(F)cc(N)cc1F)C(C)COC. The minimum absolute atomic E-state index is 0.0498. The average Bonchev–Trinajstić information content (AvgIpc) is 2.23. The van der Waals surface area contributed by atoms with Crippen molar-refractivity contribution >= 4 is 11.4 Å². The van der Waals surface area contributed by atoms with Crippen molar-refractivity contribution < 1.29 is 13.5 Å². The molecule has 1 aromatic rings. The number of likely N-dealkylation sites (N-methyl/N-ethyl adjacent to an activating group) is 1. The van der Waals surface area contributed by atoms with E-state index in [4.69, 9.17) is 10.5 Å². The molecule has 0 heterocycles. The molecule has 5 heteroatoms. The number of hydrogen-bond acceptors (Lipinski definition) is 3. The summed E-state index contributed by atoms with van der Waals surface area (Å²) in [7, 11) is 1.56. The molecule has 0 bridgehead atoms. The van der Waals surface area contributed by atoms with Crippen molar-refractivity contribution in [2.75, 3.05) is 30.9 Å². The summed E-state index contributed by atoms with van der Waals surface area (Å²) in [4.78, 5) is 1.62. The predicted octanol–water partition coefficient (Wildman–Crippen LogP) is 2.41. The molecule has 0 fully saturated rings. The molecule has 0 aliphatic heterocycles. The van der Waals surface area contributed by atoms with Gasteiger partial charge >= 0.3 is 0 Å². The van der Waals surface area contributed by atoms with Gasteiger partial charge in [-0.05, 0) is 26.0 Å². The number of methoxy groups -OCH3 is 1. The van der Waals surface area contributed by atoms with Crippen LogP contribution in [-0.4, -0.2) is 26.3 Å². The van der Waals surface area contributed by atoms with Crippen molar-refractivity contribution in [1.29, 1.82) is 0 Å². The Morgan fingerprint density at radius 2 is 1.88 bits per heavy atom. The van der Waals surface area contributed by atoms with Crippen LogP contribution < -0.4 is 10.6 Å². The molecule has 1 atom stereocenters. The highest BCUT2D eigenvalue weighted by Gasteiger charge is 2.20. The van der Waals surface area contributed by atoms with E-state index in [-0.39, 0.29) is 17.4 Å². The van der Waals surface area contributed by atoms with Gasteiger partial charge in [-0.25, -0.2) is 8.78 Å². The van der Waals surface area contributed by atoms with Gasteiger partial charge in [-0.1, -0.05) is 0 Å². The summed E-state index contributed by atoms with van der Waals surface area (Å²) in [5.41, 5.74) is 5.41. The summed E-state index contributed by atoms with van der Waals surface area (Å²) in [6, 6.07) is 2.14. The van der Waals surface area contributed by atoms with Crippen molar-refractivity contribution in [2.45, 2.75) is 19.9 Å². The zero-order valence-electron chi connectivity index (χ0n) is 10.3. The van der Waals surface area contributed by atoms with Crippen molar-refractivity contribution in [2.24, 2.45) is 0 Å². The van der Waals surface area contributed by atoms with Gasteiger partial charge in [0.25, 0.3) is 0 Å². The Morgan fingerprint density at radius 3 is 2.29 bits per heavy atom. The topological polar surface area (TPSA) is 38.5 Å². The molecule has 0 spiro atoms. The van der Waals surface area contributed by atoms with E-state index in [1.807, 2.05) is 13.8 Å². The number of rotatable bonds is 5. The molecule has 2 N–H and O–H groups in total. The molecule has 0 saturated carbocycles. The fraction of sp³-hybridized carbons (Fsp3) is 0.500. The van der Waals surface area contributed by atoms with E-state index in [0.29, 0.717) is 13.2 Å². The number of anilines is 2. The van der Waals surface area contributed by atoms with E-state index in [1.54, 1.807) is 12.0 Å². The van der Waals surface area contributed by atoms with E-state index in [2.05, 4.69) is 0 Å². The molecule has 0 saturated heterocycles. The van der Waals surface area contributed by atoms with Crippen LogP contribution in [0.2, 0.25) is 0 Å². The fourth-order valence-electron chi connectivity index (χ4n) is 1.88. The molecule has 96 valence electrons. The highest BCUT2D eigenvalue weighted by molar-refractivity contribution is 5.56. The third-order valence-corrected chi connectivity index (χ3v) is 2.61. The maximum atomic E-state index is 13.7. The van der Waals surface area contributed by atoms with Gasteiger partial charge in [-0.15, -0.1) is 0 Å². The second-order valence-corrected chi connectivity index (χ2v) is 3.92. The van der Waals surface area contributed by atoms with Gasteiger partial charge < -0.3 is 15.4 Å². The quantitative estimate of drug-likeness (QED) is 0.808. The Bertz CT molecular complexity index is 362. The van der Waals surface area contributed by atoms with Crippen molar-refractivity contribution in [3.63, 3.8) is 0 Å². The highest BCUT2D eigenvalue weighted by Crippen LogP contribution is 2.27. The Hall–Kier alpha value is -1.36. The minimum Gasteiger partial charge on any atom is -0.399 e. The van der Waals surface area contributed by atoms with Gasteiger partial charge in [-0.3, -0.25) is 0 Å². The molecule has 0 aliphatic rings. The number of nitrogens with two attached hydrogens (primary N) is 1. The molecule has 3 nitrogen and oxygen atoms in total. The first-order valence-corrected chi connectivity index (χ1v) is 5.51. The summed E-state index contributed by atoms with van der Waals surface area (Å²) in [5.74, 6) is -1.29. The number of hydrogen-bond donors (Lipinski definition) is 1. The Labute approximate surface area is 100 Å². The van der Waals surface area contributed by atoms with E-state index < -0.39 is 11.6 Å². The largest absolute Gasteiger partial charge is 0.399 e. The lowest BCUT2D eigenvalue weighted by atomic mass is 10.2. The highest BCUT2D eigenvalue weighted by atomic mass is 19.1. The van der Waals surface area contributed by atoms with Gasteiger partial charge in [0.2, 0.25) is 0 Å². The van der Waals surface area contributed by atoms with Crippen LogP contribution in [0.1, 0.15) is 13.8 Å². The molecule has 0 radical (unpaired) electrons. The van der Waals surface area contributed by atoms with Crippen molar-refractivity contribution in [3.05, 3.63) is 23.8 Å². The lowest BCUT2D eigenvalue weighted by Gasteiger charge is -2.30. The van der Waals surface area contributed by atoms with Crippen molar-refractivity contribution in [1.82, 2.24) is 0 Å². The number of nitrogens with zero attached hydrogens (tertiary/aromatic N) is 1. The average molecular weight is 244 g/mol. The second-order valence-electron chi connectivity index (χ2n) is 3.92. The van der Waals surface area contributed by atoms with Gasteiger partial charge in [0, 0.05) is 25.4 Å². The molecule has 0 aromatic heterocycles. The standard InChI is InChI=1S/C12H18F2N2O/c1-4-16(8(2)7-17-3)12-10(13)5-9(15)6-11(12)14/h5-6,8H,4,7,15H2,1-3H3. The zero-order chi connectivity index (χ0) is 13.0. The number of nitrogen functional groups attached to an aromatic ring is 1. The van der Waals surface area contributed by atoms with Gasteiger partial charge in [0.05, 0.1) is 6.61 Å². The van der Waals surface area contributed by atoms with Gasteiger partial charge in [0.1, 0.15) is 5.69 Å². The first-order chi connectivity index (χ1) is 8.01. The van der Waals surface area contributed by atoms with E-state index >= 15 is 0 Å². The van der Waals surface area contributed by atoms with E-state index in [1.165, 1.54) is 0 Å². The summed E-state index contributed by atoms with van der Waals surface area (Å²) in [6.45, 7) is 4.57. The van der Waals surface area contributed by atoms with Crippen molar-refractivity contribution in [3.8, 4) is 0 Å². The number of ether oxygens (including phenoxy) is 1. The molecular weight excluding hydrogens is 226 g/mol. The third kappa shape index (κ3) is 3.06. The molecule has 17 heavy (non-hydrogen) atoms. The molecule has 1 aromatic carbocycles. The molecule has 0 aliphatic carbocycles. The summed E-state index contributed by atoms with van der Waals surface area (Å²) >= 11 is 0. The maximum Gasteiger partial charge on any atom is 0.151 e. The summed E-state index contributed by atoms with van der Waals surface area (Å²) in [5, 5.41) is 0. The van der Waals surface area contributed by atoms with Gasteiger partial charge in [0.15, 0.2) is 11.6 Å². The van der Waals surface area contributed by atoms with Crippen LogP contribution in [0.25, 0.3) is 0 Å². The molecule has 1 rings (SSSR count). The number of halogens is 2. The van der Waals surface area contributed by atoms with Crippen LogP contribution in [-0.2, 0) is 4.74 Å². The first-order valence-electron chi connectivity index (χ1n) is 5.51. The van der Waals surface area contributed by atoms with Crippen LogP contribution in [0.15, 0.2) is 12.1 Å². The molecule has 1 unspecified atom stereocenters. The first kappa shape index (κ1) is 13.7. The van der Waals surface area contributed by atoms with Crippen LogP contribution in [0.4, 0.5) is 20.2 Å². The van der Waals surface area contributed by atoms with Gasteiger partial charge in [-0.2, -0.15) is 0 Å². The summed E-state index contributed by atoms with van der Waals surface area (Å²) in [6.07, 6.45) is 0. The van der Waals surface area contributed by atoms with Crippen LogP contribution >= 0.6 is 0 Å². The Morgan fingerprint density at radius 1 is 1.35 bits per heavy atom. The van der Waals surface area contributed by atoms with E-state index in [9.17, 15) is 8.78 Å². The monoisotopic (exact) mass is 244 g/mol.